The molecule has 0 aliphatic heterocycles. The zero-order chi connectivity index (χ0) is 22.2. The monoisotopic (exact) mass is 448 g/mol. The van der Waals surface area contributed by atoms with Crippen molar-refractivity contribution < 1.29 is 13.5 Å². The Labute approximate surface area is 189 Å². The highest BCUT2D eigenvalue weighted by molar-refractivity contribution is 6.30. The lowest BCUT2D eigenvalue weighted by Gasteiger charge is -2.13. The smallest absolute Gasteiger partial charge is 0.388 e. The molecule has 0 fully saturated rings. The van der Waals surface area contributed by atoms with Crippen LogP contribution in [0.25, 0.3) is 22.3 Å². The summed E-state index contributed by atoms with van der Waals surface area (Å²) >= 11 is 6.11. The molecule has 0 amide bonds. The third-order valence-corrected chi connectivity index (χ3v) is 5.87. The van der Waals surface area contributed by atoms with E-state index in [1.54, 1.807) is 30.5 Å². The van der Waals surface area contributed by atoms with Crippen molar-refractivity contribution in [2.24, 2.45) is 0 Å². The molecule has 1 aliphatic rings. The zero-order valence-electron chi connectivity index (χ0n) is 17.0. The Bertz CT molecular complexity index is 1320. The highest BCUT2D eigenvalue weighted by Crippen LogP contribution is 2.39. The van der Waals surface area contributed by atoms with Gasteiger partial charge in [-0.05, 0) is 82.1 Å². The first-order chi connectivity index (χ1) is 15.5. The largest absolute Gasteiger partial charge is 0.416 e. The third kappa shape index (κ3) is 4.04. The van der Waals surface area contributed by atoms with Crippen molar-refractivity contribution in [2.45, 2.75) is 19.5 Å². The van der Waals surface area contributed by atoms with Crippen molar-refractivity contribution in [1.82, 2.24) is 4.98 Å². The molecule has 0 spiro atoms. The Hall–Kier alpha value is -3.44. The second-order valence-corrected chi connectivity index (χ2v) is 8.28. The van der Waals surface area contributed by atoms with Crippen LogP contribution in [0.15, 0.2) is 72.9 Å². The number of benzene rings is 3. The molecule has 3 aromatic carbocycles. The SMILES string of the molecule is Nc1ccc2c(c1)-c1cc(Cc3cnc(OC(F)F)c(-c4cccc(Cl)c4)c3)ccc1C2. The summed E-state index contributed by atoms with van der Waals surface area (Å²) in [6, 6.07) is 21.2. The summed E-state index contributed by atoms with van der Waals surface area (Å²) in [5, 5.41) is 0.507. The molecular weight excluding hydrogens is 430 g/mol. The van der Waals surface area contributed by atoms with E-state index in [0.29, 0.717) is 22.6 Å². The van der Waals surface area contributed by atoms with Crippen molar-refractivity contribution in [3.8, 4) is 28.1 Å². The lowest BCUT2D eigenvalue weighted by Crippen LogP contribution is -2.05. The highest BCUT2D eigenvalue weighted by Gasteiger charge is 2.19. The van der Waals surface area contributed by atoms with E-state index in [1.165, 1.54) is 22.3 Å². The topological polar surface area (TPSA) is 48.1 Å². The summed E-state index contributed by atoms with van der Waals surface area (Å²) in [5.74, 6) is -0.121. The summed E-state index contributed by atoms with van der Waals surface area (Å²) in [5.41, 5.74) is 14.8. The van der Waals surface area contributed by atoms with E-state index >= 15 is 0 Å². The zero-order valence-corrected chi connectivity index (χ0v) is 17.7. The van der Waals surface area contributed by atoms with Crippen LogP contribution in [0.4, 0.5) is 14.5 Å². The lowest BCUT2D eigenvalue weighted by atomic mass is 9.97. The van der Waals surface area contributed by atoms with Gasteiger partial charge in [0.2, 0.25) is 5.88 Å². The first-order valence-electron chi connectivity index (χ1n) is 10.2. The van der Waals surface area contributed by atoms with E-state index in [0.717, 1.165) is 23.2 Å². The van der Waals surface area contributed by atoms with Gasteiger partial charge in [-0.2, -0.15) is 8.78 Å². The Kier molecular flexibility index (Phi) is 5.27. The van der Waals surface area contributed by atoms with Crippen molar-refractivity contribution in [1.29, 1.82) is 0 Å². The number of rotatable bonds is 5. The van der Waals surface area contributed by atoms with E-state index in [9.17, 15) is 8.78 Å². The van der Waals surface area contributed by atoms with Crippen molar-refractivity contribution in [2.75, 3.05) is 5.73 Å². The van der Waals surface area contributed by atoms with Gasteiger partial charge in [0.1, 0.15) is 0 Å². The first kappa shape index (κ1) is 20.5. The van der Waals surface area contributed by atoms with Crippen LogP contribution >= 0.6 is 11.6 Å². The molecule has 0 radical (unpaired) electrons. The molecule has 0 bridgehead atoms. The van der Waals surface area contributed by atoms with E-state index < -0.39 is 6.61 Å². The molecule has 4 aromatic rings. The molecule has 2 N–H and O–H groups in total. The number of hydrogen-bond acceptors (Lipinski definition) is 3. The molecule has 0 atom stereocenters. The van der Waals surface area contributed by atoms with Crippen LogP contribution in [0.5, 0.6) is 5.88 Å². The maximum Gasteiger partial charge on any atom is 0.388 e. The van der Waals surface area contributed by atoms with Crippen LogP contribution in [0.1, 0.15) is 22.3 Å². The number of nitrogens with zero attached hydrogens (tertiary/aromatic N) is 1. The number of fused-ring (bicyclic) bond motifs is 3. The normalized spacial score (nSPS) is 12.0. The number of pyridine rings is 1. The van der Waals surface area contributed by atoms with Crippen molar-refractivity contribution in [3.05, 3.63) is 100 Å². The average Bonchev–Trinajstić information content (AvgIpc) is 3.12. The van der Waals surface area contributed by atoms with Gasteiger partial charge in [0.15, 0.2) is 0 Å². The molecule has 32 heavy (non-hydrogen) atoms. The fourth-order valence-corrected chi connectivity index (χ4v) is 4.40. The molecular formula is C26H19ClF2N2O. The van der Waals surface area contributed by atoms with Crippen LogP contribution in [-0.4, -0.2) is 11.6 Å². The minimum atomic E-state index is -2.96. The molecule has 6 heteroatoms. The van der Waals surface area contributed by atoms with Crippen LogP contribution in [0.2, 0.25) is 5.02 Å². The van der Waals surface area contributed by atoms with Crippen LogP contribution < -0.4 is 10.5 Å². The van der Waals surface area contributed by atoms with Gasteiger partial charge >= 0.3 is 6.61 Å². The van der Waals surface area contributed by atoms with Crippen molar-refractivity contribution >= 4 is 17.3 Å². The molecule has 1 heterocycles. The Morgan fingerprint density at radius 2 is 1.66 bits per heavy atom. The standard InChI is InChI=1S/C26H19ClF2N2O/c27-20-3-1-2-17(12-20)24-10-16(14-31-25(24)32-26(28)29)8-15-4-5-18-11-19-6-7-21(30)13-23(19)22(18)9-15/h1-7,9-10,12-14,26H,8,11,30H2. The van der Waals surface area contributed by atoms with Gasteiger partial charge in [0, 0.05) is 22.5 Å². The summed E-state index contributed by atoms with van der Waals surface area (Å²) < 4.78 is 30.5. The molecule has 1 aliphatic carbocycles. The van der Waals surface area contributed by atoms with Gasteiger partial charge in [-0.1, -0.05) is 48.0 Å². The Morgan fingerprint density at radius 3 is 2.44 bits per heavy atom. The van der Waals surface area contributed by atoms with Gasteiger partial charge in [-0.25, -0.2) is 4.98 Å². The van der Waals surface area contributed by atoms with E-state index in [4.69, 9.17) is 17.3 Å². The fraction of sp³-hybridized carbons (Fsp3) is 0.115. The van der Waals surface area contributed by atoms with Crippen LogP contribution in [0.3, 0.4) is 0 Å². The second-order valence-electron chi connectivity index (χ2n) is 7.85. The Morgan fingerprint density at radius 1 is 0.906 bits per heavy atom. The van der Waals surface area contributed by atoms with Gasteiger partial charge < -0.3 is 10.5 Å². The van der Waals surface area contributed by atoms with Crippen LogP contribution in [-0.2, 0) is 12.8 Å². The summed E-state index contributed by atoms with van der Waals surface area (Å²) in [4.78, 5) is 4.18. The molecule has 0 saturated heterocycles. The summed E-state index contributed by atoms with van der Waals surface area (Å²) in [6.07, 6.45) is 3.07. The first-order valence-corrected chi connectivity index (χ1v) is 10.5. The molecule has 1 aromatic heterocycles. The van der Waals surface area contributed by atoms with Crippen molar-refractivity contribution in [3.63, 3.8) is 0 Å². The van der Waals surface area contributed by atoms with Gasteiger partial charge in [0.05, 0.1) is 0 Å². The highest BCUT2D eigenvalue weighted by atomic mass is 35.5. The fourth-order valence-electron chi connectivity index (χ4n) is 4.21. The maximum atomic E-state index is 12.9. The molecule has 3 nitrogen and oxygen atoms in total. The van der Waals surface area contributed by atoms with E-state index in [2.05, 4.69) is 34.0 Å². The number of halogens is 3. The minimum absolute atomic E-state index is 0.121. The van der Waals surface area contributed by atoms with Gasteiger partial charge in [0.25, 0.3) is 0 Å². The quantitative estimate of drug-likeness (QED) is 0.302. The predicted octanol–water partition coefficient (Wildman–Crippen LogP) is 6.75. The number of hydrogen-bond donors (Lipinski definition) is 1. The maximum absolute atomic E-state index is 12.9. The van der Waals surface area contributed by atoms with E-state index in [-0.39, 0.29) is 5.88 Å². The Balaban J connectivity index is 1.50. The van der Waals surface area contributed by atoms with E-state index in [1.807, 2.05) is 18.2 Å². The minimum Gasteiger partial charge on any atom is -0.416 e. The number of ether oxygens (including phenoxy) is 1. The molecule has 0 unspecified atom stereocenters. The lowest BCUT2D eigenvalue weighted by molar-refractivity contribution is -0.0524. The number of alkyl halides is 2. The molecule has 0 saturated carbocycles. The number of nitrogen functional groups attached to an aromatic ring is 1. The number of nitrogens with two attached hydrogens (primary N) is 1. The number of aromatic nitrogens is 1. The molecule has 5 rings (SSSR count). The van der Waals surface area contributed by atoms with Gasteiger partial charge in [-0.15, -0.1) is 0 Å². The van der Waals surface area contributed by atoms with Gasteiger partial charge in [-0.3, -0.25) is 0 Å². The summed E-state index contributed by atoms with van der Waals surface area (Å²) in [6.45, 7) is -2.96. The van der Waals surface area contributed by atoms with Crippen LogP contribution in [0, 0.1) is 0 Å². The predicted molar refractivity (Wildman–Crippen MR) is 123 cm³/mol. The number of anilines is 1. The third-order valence-electron chi connectivity index (χ3n) is 5.63. The average molecular weight is 449 g/mol. The molecule has 160 valence electrons. The summed E-state index contributed by atoms with van der Waals surface area (Å²) in [7, 11) is 0. The second kappa shape index (κ2) is 8.24.